The third-order valence-corrected chi connectivity index (χ3v) is 3.99. The molecule has 0 aromatic heterocycles. The normalized spacial score (nSPS) is 10.8. The molecule has 114 valence electrons. The summed E-state index contributed by atoms with van der Waals surface area (Å²) in [5.41, 5.74) is 1.24. The monoisotopic (exact) mass is 350 g/mol. The minimum absolute atomic E-state index is 0.676. The third-order valence-electron chi connectivity index (χ3n) is 3.43. The Balaban J connectivity index is 2.19. The molecule has 0 aliphatic heterocycles. The Bertz CT molecular complexity index is 581. The van der Waals surface area contributed by atoms with E-state index in [4.69, 9.17) is 9.47 Å². The molecular formula is C18H23BrO2. The van der Waals surface area contributed by atoms with Gasteiger partial charge in [-0.25, -0.2) is 0 Å². The van der Waals surface area contributed by atoms with Gasteiger partial charge in [0.15, 0.2) is 0 Å². The first-order valence-electron chi connectivity index (χ1n) is 7.61. The average Bonchev–Trinajstić information content (AvgIpc) is 2.49. The van der Waals surface area contributed by atoms with Gasteiger partial charge >= 0.3 is 0 Å². The van der Waals surface area contributed by atoms with Crippen molar-refractivity contribution < 1.29 is 9.47 Å². The molecule has 21 heavy (non-hydrogen) atoms. The molecule has 0 radical (unpaired) electrons. The number of hydrogen-bond donors (Lipinski definition) is 0. The quantitative estimate of drug-likeness (QED) is 0.462. The van der Waals surface area contributed by atoms with E-state index < -0.39 is 0 Å². The molecule has 0 fully saturated rings. The lowest BCUT2D eigenvalue weighted by molar-refractivity contribution is 0.308. The average molecular weight is 351 g/mol. The van der Waals surface area contributed by atoms with Gasteiger partial charge in [-0.05, 0) is 51.3 Å². The Labute approximate surface area is 135 Å². The first-order chi connectivity index (χ1) is 10.3. The predicted molar refractivity (Wildman–Crippen MR) is 93.0 cm³/mol. The second-order valence-electron chi connectivity index (χ2n) is 5.14. The van der Waals surface area contributed by atoms with Crippen LogP contribution in [0, 0.1) is 6.92 Å². The minimum Gasteiger partial charge on any atom is -0.493 e. The number of halogens is 1. The van der Waals surface area contributed by atoms with Gasteiger partial charge in [0.2, 0.25) is 0 Å². The fourth-order valence-electron chi connectivity index (χ4n) is 2.37. The van der Waals surface area contributed by atoms with Crippen LogP contribution in [0.25, 0.3) is 10.8 Å². The van der Waals surface area contributed by atoms with E-state index in [1.54, 1.807) is 0 Å². The van der Waals surface area contributed by atoms with E-state index in [1.165, 1.54) is 18.4 Å². The summed E-state index contributed by atoms with van der Waals surface area (Å²) in [5.74, 6) is 1.88. The number of ether oxygens (including phenoxy) is 2. The number of hydrogen-bond acceptors (Lipinski definition) is 2. The van der Waals surface area contributed by atoms with Gasteiger partial charge in [-0.1, -0.05) is 33.6 Å². The Hall–Kier alpha value is -1.22. The summed E-state index contributed by atoms with van der Waals surface area (Å²) >= 11 is 3.45. The molecule has 0 aliphatic carbocycles. The van der Waals surface area contributed by atoms with Crippen LogP contribution in [0.15, 0.2) is 30.3 Å². The van der Waals surface area contributed by atoms with E-state index in [0.717, 1.165) is 40.6 Å². The largest absolute Gasteiger partial charge is 0.493 e. The van der Waals surface area contributed by atoms with Crippen LogP contribution in [0.3, 0.4) is 0 Å². The maximum atomic E-state index is 5.98. The van der Waals surface area contributed by atoms with Crippen molar-refractivity contribution in [2.24, 2.45) is 0 Å². The summed E-state index contributed by atoms with van der Waals surface area (Å²) in [6.45, 7) is 5.56. The highest BCUT2D eigenvalue weighted by Gasteiger charge is 2.08. The van der Waals surface area contributed by atoms with E-state index in [2.05, 4.69) is 41.1 Å². The third kappa shape index (κ3) is 4.37. The summed E-state index contributed by atoms with van der Waals surface area (Å²) in [6.07, 6.45) is 3.48. The van der Waals surface area contributed by atoms with Crippen molar-refractivity contribution in [3.05, 3.63) is 35.9 Å². The zero-order valence-corrected chi connectivity index (χ0v) is 14.4. The molecule has 2 aromatic carbocycles. The van der Waals surface area contributed by atoms with E-state index >= 15 is 0 Å². The zero-order valence-electron chi connectivity index (χ0n) is 12.8. The Morgan fingerprint density at radius 2 is 1.67 bits per heavy atom. The predicted octanol–water partition coefficient (Wildman–Crippen LogP) is 5.49. The molecule has 0 spiro atoms. The van der Waals surface area contributed by atoms with Crippen LogP contribution in [0.4, 0.5) is 0 Å². The summed E-state index contributed by atoms with van der Waals surface area (Å²) in [6, 6.07) is 10.4. The summed E-state index contributed by atoms with van der Waals surface area (Å²) < 4.78 is 11.7. The topological polar surface area (TPSA) is 18.5 Å². The number of unbranched alkanes of at least 4 members (excludes halogenated alkanes) is 2. The summed E-state index contributed by atoms with van der Waals surface area (Å²) in [4.78, 5) is 0. The van der Waals surface area contributed by atoms with E-state index in [-0.39, 0.29) is 0 Å². The highest BCUT2D eigenvalue weighted by Crippen LogP contribution is 2.34. The second-order valence-corrected chi connectivity index (χ2v) is 5.93. The summed E-state index contributed by atoms with van der Waals surface area (Å²) in [5, 5.41) is 3.33. The Morgan fingerprint density at radius 3 is 2.38 bits per heavy atom. The highest BCUT2D eigenvalue weighted by atomic mass is 79.9. The van der Waals surface area contributed by atoms with Crippen molar-refractivity contribution in [3.8, 4) is 11.5 Å². The molecule has 0 heterocycles. The van der Waals surface area contributed by atoms with Crippen molar-refractivity contribution in [3.63, 3.8) is 0 Å². The van der Waals surface area contributed by atoms with Gasteiger partial charge < -0.3 is 9.47 Å². The lowest BCUT2D eigenvalue weighted by Gasteiger charge is -2.13. The van der Waals surface area contributed by atoms with Gasteiger partial charge in [-0.2, -0.15) is 0 Å². The molecule has 0 bridgehead atoms. The second kappa shape index (κ2) is 8.28. The minimum atomic E-state index is 0.676. The van der Waals surface area contributed by atoms with E-state index in [0.29, 0.717) is 6.61 Å². The van der Waals surface area contributed by atoms with Crippen molar-refractivity contribution in [1.82, 2.24) is 0 Å². The van der Waals surface area contributed by atoms with Crippen LogP contribution >= 0.6 is 15.9 Å². The van der Waals surface area contributed by atoms with Gasteiger partial charge in [0.1, 0.15) is 11.5 Å². The van der Waals surface area contributed by atoms with Gasteiger partial charge in [-0.3, -0.25) is 0 Å². The molecule has 0 atom stereocenters. The Kier molecular flexibility index (Phi) is 6.37. The molecule has 0 amide bonds. The summed E-state index contributed by atoms with van der Waals surface area (Å²) in [7, 11) is 0. The molecule has 0 saturated heterocycles. The molecule has 0 aliphatic rings. The lowest BCUT2D eigenvalue weighted by Crippen LogP contribution is -1.99. The number of fused-ring (bicyclic) bond motifs is 1. The smallest absolute Gasteiger partial charge is 0.127 e. The van der Waals surface area contributed by atoms with Crippen LogP contribution in [-0.2, 0) is 0 Å². The number of aryl methyl sites for hydroxylation is 1. The van der Waals surface area contributed by atoms with Crippen molar-refractivity contribution >= 4 is 26.7 Å². The maximum absolute atomic E-state index is 5.98. The molecular weight excluding hydrogens is 328 g/mol. The first-order valence-corrected chi connectivity index (χ1v) is 8.73. The van der Waals surface area contributed by atoms with E-state index in [1.807, 2.05) is 19.1 Å². The fourth-order valence-corrected chi connectivity index (χ4v) is 2.77. The van der Waals surface area contributed by atoms with Crippen LogP contribution in [0.5, 0.6) is 11.5 Å². The maximum Gasteiger partial charge on any atom is 0.127 e. The van der Waals surface area contributed by atoms with Crippen LogP contribution in [0.1, 0.15) is 31.7 Å². The molecule has 2 aromatic rings. The molecule has 0 unspecified atom stereocenters. The highest BCUT2D eigenvalue weighted by molar-refractivity contribution is 9.09. The van der Waals surface area contributed by atoms with Crippen molar-refractivity contribution in [2.45, 2.75) is 33.1 Å². The van der Waals surface area contributed by atoms with Crippen LogP contribution in [0.2, 0.25) is 0 Å². The van der Waals surface area contributed by atoms with E-state index in [9.17, 15) is 0 Å². The van der Waals surface area contributed by atoms with Crippen LogP contribution < -0.4 is 9.47 Å². The Morgan fingerprint density at radius 1 is 0.905 bits per heavy atom. The number of benzene rings is 2. The molecule has 0 N–H and O–H groups in total. The molecule has 2 rings (SSSR count). The standard InChI is InChI=1S/C18H23BrO2/c1-3-20-17-9-10-18(21-12-6-4-5-11-19)16-13-14(2)7-8-15(16)17/h7-10,13H,3-6,11-12H2,1-2H3. The van der Waals surface area contributed by atoms with Gasteiger partial charge in [0, 0.05) is 16.1 Å². The lowest BCUT2D eigenvalue weighted by atomic mass is 10.1. The SMILES string of the molecule is CCOc1ccc(OCCCCCBr)c2cc(C)ccc12. The molecule has 3 heteroatoms. The molecule has 0 saturated carbocycles. The van der Waals surface area contributed by atoms with Gasteiger partial charge in [0.25, 0.3) is 0 Å². The first kappa shape index (κ1) is 16.2. The van der Waals surface area contributed by atoms with Gasteiger partial charge in [0.05, 0.1) is 13.2 Å². The number of rotatable bonds is 8. The van der Waals surface area contributed by atoms with Crippen molar-refractivity contribution in [1.29, 1.82) is 0 Å². The zero-order chi connectivity index (χ0) is 15.1. The fraction of sp³-hybridized carbons (Fsp3) is 0.444. The van der Waals surface area contributed by atoms with Crippen molar-refractivity contribution in [2.75, 3.05) is 18.5 Å². The number of alkyl halides is 1. The molecule has 2 nitrogen and oxygen atoms in total. The van der Waals surface area contributed by atoms with Crippen LogP contribution in [-0.4, -0.2) is 18.5 Å². The van der Waals surface area contributed by atoms with Gasteiger partial charge in [-0.15, -0.1) is 0 Å².